The van der Waals surface area contributed by atoms with Crippen LogP contribution in [0.3, 0.4) is 0 Å². The van der Waals surface area contributed by atoms with Crippen molar-refractivity contribution in [1.29, 1.82) is 0 Å². The molecule has 0 aliphatic rings. The molecule has 0 saturated heterocycles. The van der Waals surface area contributed by atoms with Gasteiger partial charge in [-0.2, -0.15) is 0 Å². The predicted octanol–water partition coefficient (Wildman–Crippen LogP) is 3.51. The summed E-state index contributed by atoms with van der Waals surface area (Å²) in [6.07, 6.45) is 3.11. The van der Waals surface area contributed by atoms with Crippen LogP contribution in [0.5, 0.6) is 5.75 Å². The molecule has 0 fully saturated rings. The van der Waals surface area contributed by atoms with Gasteiger partial charge in [-0.05, 0) is 35.0 Å². The molecular weight excluding hydrogens is 502 g/mol. The van der Waals surface area contributed by atoms with E-state index in [4.69, 9.17) is 4.74 Å². The zero-order chi connectivity index (χ0) is 24.0. The van der Waals surface area contributed by atoms with Crippen molar-refractivity contribution in [3.05, 3.63) is 85.8 Å². The van der Waals surface area contributed by atoms with Gasteiger partial charge in [0.15, 0.2) is 0 Å². The molecule has 0 aliphatic carbocycles. The van der Waals surface area contributed by atoms with Gasteiger partial charge in [0.1, 0.15) is 28.5 Å². The smallest absolute Gasteiger partial charge is 0.406 e. The van der Waals surface area contributed by atoms with Crippen LogP contribution >= 0.6 is 15.9 Å². The van der Waals surface area contributed by atoms with Crippen LogP contribution in [0.2, 0.25) is 0 Å². The minimum absolute atomic E-state index is 0.161. The lowest BCUT2D eigenvalue weighted by atomic mass is 10.2. The number of benzene rings is 1. The second kappa shape index (κ2) is 11.0. The van der Waals surface area contributed by atoms with Crippen molar-refractivity contribution in [1.82, 2.24) is 19.9 Å². The summed E-state index contributed by atoms with van der Waals surface area (Å²) in [4.78, 5) is 32.6. The number of amides is 1. The molecule has 2 heterocycles. The number of nitrogens with zero attached hydrogens (tertiary/aromatic N) is 3. The Hall–Kier alpha value is -3.34. The van der Waals surface area contributed by atoms with Gasteiger partial charge in [0.25, 0.3) is 5.56 Å². The lowest BCUT2D eigenvalue weighted by Gasteiger charge is -2.14. The molecule has 174 valence electrons. The molecule has 0 atom stereocenters. The van der Waals surface area contributed by atoms with Gasteiger partial charge < -0.3 is 19.4 Å². The third kappa shape index (κ3) is 6.35. The van der Waals surface area contributed by atoms with Crippen molar-refractivity contribution in [3.63, 3.8) is 0 Å². The van der Waals surface area contributed by atoms with Crippen LogP contribution in [0.1, 0.15) is 22.6 Å². The highest BCUT2D eigenvalue weighted by Gasteiger charge is 2.14. The van der Waals surface area contributed by atoms with E-state index in [9.17, 15) is 18.4 Å². The lowest BCUT2D eigenvalue weighted by molar-refractivity contribution is 0.171. The van der Waals surface area contributed by atoms with E-state index in [1.54, 1.807) is 25.4 Å². The molecule has 3 aromatic rings. The first-order valence-electron chi connectivity index (χ1n) is 9.86. The summed E-state index contributed by atoms with van der Waals surface area (Å²) in [6, 6.07) is 4.86. The lowest BCUT2D eigenvalue weighted by Crippen LogP contribution is -2.26. The fourth-order valence-electron chi connectivity index (χ4n) is 2.93. The van der Waals surface area contributed by atoms with E-state index in [1.807, 2.05) is 0 Å². The third-order valence-electron chi connectivity index (χ3n) is 4.73. The maximum atomic E-state index is 13.8. The van der Waals surface area contributed by atoms with Crippen molar-refractivity contribution in [2.45, 2.75) is 26.5 Å². The zero-order valence-electron chi connectivity index (χ0n) is 17.9. The second-order valence-corrected chi connectivity index (χ2v) is 7.84. The van der Waals surface area contributed by atoms with Gasteiger partial charge in [0.05, 0.1) is 31.2 Å². The topological polar surface area (TPSA) is 95.3 Å². The van der Waals surface area contributed by atoms with Crippen molar-refractivity contribution in [3.8, 4) is 5.75 Å². The van der Waals surface area contributed by atoms with E-state index >= 15 is 0 Å². The molecule has 3 rings (SSSR count). The maximum Gasteiger partial charge on any atom is 0.406 e. The van der Waals surface area contributed by atoms with Gasteiger partial charge in [-0.25, -0.2) is 13.6 Å². The molecule has 0 spiro atoms. The van der Waals surface area contributed by atoms with Gasteiger partial charge >= 0.3 is 6.09 Å². The Labute approximate surface area is 196 Å². The molecule has 1 amide bonds. The summed E-state index contributed by atoms with van der Waals surface area (Å²) in [5.74, 6) is -1.15. The number of halogens is 3. The monoisotopic (exact) mass is 522 g/mol. The molecule has 1 aromatic carbocycles. The first-order valence-corrected chi connectivity index (χ1v) is 10.7. The van der Waals surface area contributed by atoms with E-state index in [0.29, 0.717) is 30.0 Å². The molecule has 11 heteroatoms. The van der Waals surface area contributed by atoms with Gasteiger partial charge in [0.2, 0.25) is 0 Å². The number of nitrogens with one attached hydrogen (secondary N) is 1. The summed E-state index contributed by atoms with van der Waals surface area (Å²) in [7, 11) is 1.29. The van der Waals surface area contributed by atoms with Crippen LogP contribution in [0, 0.1) is 18.6 Å². The number of alkyl carbamates (subject to hydrolysis) is 1. The number of hydrogen-bond donors (Lipinski definition) is 1. The van der Waals surface area contributed by atoms with Gasteiger partial charge in [-0.3, -0.25) is 14.8 Å². The molecule has 2 aromatic heterocycles. The van der Waals surface area contributed by atoms with Gasteiger partial charge in [-0.15, -0.1) is 0 Å². The highest BCUT2D eigenvalue weighted by Crippen LogP contribution is 2.24. The number of aromatic nitrogens is 3. The number of ether oxygens (including phenoxy) is 2. The van der Waals surface area contributed by atoms with Crippen LogP contribution in [0.15, 0.2) is 45.9 Å². The van der Waals surface area contributed by atoms with Crippen LogP contribution in [0.4, 0.5) is 13.6 Å². The molecule has 33 heavy (non-hydrogen) atoms. The summed E-state index contributed by atoms with van der Waals surface area (Å²) < 4.78 is 38.7. The largest absolute Gasteiger partial charge is 0.487 e. The molecule has 0 aliphatic heterocycles. The maximum absolute atomic E-state index is 13.8. The molecule has 0 saturated carbocycles. The number of aryl methyl sites for hydroxylation is 1. The SMILES string of the molecule is COC(=O)NCCc1cnc(Cn2c(C)cc(OCc3ccc(F)cc3F)c(Br)c2=O)cn1. The highest BCUT2D eigenvalue weighted by molar-refractivity contribution is 9.10. The number of carbonyl (C=O) groups excluding carboxylic acids is 1. The van der Waals surface area contributed by atoms with Crippen molar-refractivity contribution < 1.29 is 23.0 Å². The summed E-state index contributed by atoms with van der Waals surface area (Å²) in [5, 5.41) is 2.56. The average molecular weight is 523 g/mol. The number of methoxy groups -OCH3 is 1. The summed E-state index contributed by atoms with van der Waals surface area (Å²) in [5.41, 5.74) is 1.67. The minimum atomic E-state index is -0.723. The first kappa shape index (κ1) is 24.3. The predicted molar refractivity (Wildman–Crippen MR) is 119 cm³/mol. The Bertz CT molecular complexity index is 1200. The number of carbonyl (C=O) groups is 1. The van der Waals surface area contributed by atoms with Gasteiger partial charge in [-0.1, -0.05) is 0 Å². The zero-order valence-corrected chi connectivity index (χ0v) is 19.5. The Morgan fingerprint density at radius 2 is 1.91 bits per heavy atom. The fraction of sp³-hybridized carbons (Fsp3) is 0.273. The third-order valence-corrected chi connectivity index (χ3v) is 5.46. The normalized spacial score (nSPS) is 10.7. The Balaban J connectivity index is 1.68. The average Bonchev–Trinajstić information content (AvgIpc) is 2.80. The minimum Gasteiger partial charge on any atom is -0.487 e. The molecule has 0 bridgehead atoms. The van der Waals surface area contributed by atoms with Crippen molar-refractivity contribution >= 4 is 22.0 Å². The van der Waals surface area contributed by atoms with E-state index in [2.05, 4.69) is 36.0 Å². The van der Waals surface area contributed by atoms with E-state index in [1.165, 1.54) is 17.7 Å². The summed E-state index contributed by atoms with van der Waals surface area (Å²) >= 11 is 3.25. The Morgan fingerprint density at radius 1 is 1.18 bits per heavy atom. The van der Waals surface area contributed by atoms with E-state index in [-0.39, 0.29) is 34.5 Å². The van der Waals surface area contributed by atoms with E-state index in [0.717, 1.165) is 12.1 Å². The Morgan fingerprint density at radius 3 is 2.58 bits per heavy atom. The fourth-order valence-corrected chi connectivity index (χ4v) is 3.37. The van der Waals surface area contributed by atoms with Crippen LogP contribution in [-0.4, -0.2) is 34.3 Å². The van der Waals surface area contributed by atoms with Crippen LogP contribution in [-0.2, 0) is 24.3 Å². The van der Waals surface area contributed by atoms with E-state index < -0.39 is 17.7 Å². The summed E-state index contributed by atoms with van der Waals surface area (Å²) in [6.45, 7) is 2.12. The van der Waals surface area contributed by atoms with Crippen molar-refractivity contribution in [2.75, 3.05) is 13.7 Å². The number of pyridine rings is 1. The highest BCUT2D eigenvalue weighted by atomic mass is 79.9. The Kier molecular flexibility index (Phi) is 8.10. The number of rotatable bonds is 8. The quantitative estimate of drug-likeness (QED) is 0.486. The van der Waals surface area contributed by atoms with Crippen LogP contribution in [0.25, 0.3) is 0 Å². The van der Waals surface area contributed by atoms with Crippen LogP contribution < -0.4 is 15.6 Å². The standard InChI is InChI=1S/C22H21BrF2N4O4/c1-13-7-19(33-12-14-3-4-15(24)8-18(14)25)20(23)21(30)29(13)11-17-10-27-16(9-28-17)5-6-26-22(31)32-2/h3-4,7-10H,5-6,11-12H2,1-2H3,(H,26,31). The molecular formula is C22H21BrF2N4O4. The first-order chi connectivity index (χ1) is 15.8. The van der Waals surface area contributed by atoms with Gasteiger partial charge in [0, 0.05) is 42.6 Å². The number of hydrogen-bond acceptors (Lipinski definition) is 6. The molecule has 0 radical (unpaired) electrons. The molecule has 0 unspecified atom stereocenters. The molecule has 8 nitrogen and oxygen atoms in total. The second-order valence-electron chi connectivity index (χ2n) is 7.05. The molecule has 1 N–H and O–H groups in total. The van der Waals surface area contributed by atoms with Crippen molar-refractivity contribution in [2.24, 2.45) is 0 Å².